The van der Waals surface area contributed by atoms with Gasteiger partial charge in [0, 0.05) is 49.7 Å². The Bertz CT molecular complexity index is 807. The summed E-state index contributed by atoms with van der Waals surface area (Å²) < 4.78 is 15.3. The Morgan fingerprint density at radius 1 is 1.05 bits per heavy atom. The predicted molar refractivity (Wildman–Crippen MR) is 83.5 cm³/mol. The molecular formula is C16H16FN5. The normalized spacial score (nSPS) is 15.4. The highest BCUT2D eigenvalue weighted by Crippen LogP contribution is 2.22. The van der Waals surface area contributed by atoms with Crippen LogP contribution in [0.25, 0.3) is 17.0 Å². The molecule has 0 aliphatic carbocycles. The van der Waals surface area contributed by atoms with Crippen LogP contribution in [0.3, 0.4) is 0 Å². The molecular weight excluding hydrogens is 281 g/mol. The molecule has 112 valence electrons. The number of aromatic nitrogens is 3. The van der Waals surface area contributed by atoms with Crippen molar-refractivity contribution in [2.75, 3.05) is 31.1 Å². The molecule has 0 amide bonds. The van der Waals surface area contributed by atoms with E-state index in [9.17, 15) is 4.39 Å². The van der Waals surface area contributed by atoms with Crippen LogP contribution in [0.4, 0.5) is 10.1 Å². The van der Waals surface area contributed by atoms with Crippen LogP contribution in [0.2, 0.25) is 0 Å². The lowest BCUT2D eigenvalue weighted by Crippen LogP contribution is -2.43. The first kappa shape index (κ1) is 13.2. The molecule has 3 heterocycles. The molecule has 0 atom stereocenters. The Kier molecular flexibility index (Phi) is 3.23. The minimum absolute atomic E-state index is 0.272. The standard InChI is InChI=1S/C16H16FN5/c17-13-3-1-2-12(10-13)16-20-19-15-11-14(4-7-22(15)16)21-8-5-18-6-9-21/h1-4,7,10-11,18H,5-6,8-9H2. The molecule has 5 nitrogen and oxygen atoms in total. The van der Waals surface area contributed by atoms with Gasteiger partial charge in [-0.2, -0.15) is 0 Å². The van der Waals surface area contributed by atoms with Crippen LogP contribution < -0.4 is 10.2 Å². The Morgan fingerprint density at radius 2 is 1.91 bits per heavy atom. The third-order valence-electron chi connectivity index (χ3n) is 3.96. The lowest BCUT2D eigenvalue weighted by Gasteiger charge is -2.29. The summed E-state index contributed by atoms with van der Waals surface area (Å²) in [6, 6.07) is 10.5. The fourth-order valence-corrected chi connectivity index (χ4v) is 2.82. The van der Waals surface area contributed by atoms with Gasteiger partial charge in [-0.15, -0.1) is 10.2 Å². The molecule has 1 aliphatic rings. The first-order chi connectivity index (χ1) is 10.8. The Labute approximate surface area is 127 Å². The summed E-state index contributed by atoms with van der Waals surface area (Å²) >= 11 is 0. The average molecular weight is 297 g/mol. The van der Waals surface area contributed by atoms with E-state index in [2.05, 4.69) is 26.5 Å². The van der Waals surface area contributed by atoms with Crippen LogP contribution in [0.5, 0.6) is 0 Å². The maximum atomic E-state index is 13.4. The molecule has 0 unspecified atom stereocenters. The first-order valence-corrected chi connectivity index (χ1v) is 7.38. The number of nitrogens with one attached hydrogen (secondary N) is 1. The maximum absolute atomic E-state index is 13.4. The van der Waals surface area contributed by atoms with Crippen LogP contribution in [0.15, 0.2) is 42.6 Å². The van der Waals surface area contributed by atoms with E-state index in [-0.39, 0.29) is 5.82 Å². The number of halogens is 1. The van der Waals surface area contributed by atoms with Crippen molar-refractivity contribution in [2.45, 2.75) is 0 Å². The topological polar surface area (TPSA) is 45.5 Å². The van der Waals surface area contributed by atoms with E-state index in [1.54, 1.807) is 6.07 Å². The SMILES string of the molecule is Fc1cccc(-c2nnc3cc(N4CCNCC4)ccn23)c1. The molecule has 6 heteroatoms. The van der Waals surface area contributed by atoms with Gasteiger partial charge in [0.25, 0.3) is 0 Å². The summed E-state index contributed by atoms with van der Waals surface area (Å²) in [4.78, 5) is 2.33. The summed E-state index contributed by atoms with van der Waals surface area (Å²) in [6.45, 7) is 3.96. The van der Waals surface area contributed by atoms with Crippen LogP contribution in [-0.2, 0) is 0 Å². The van der Waals surface area contributed by atoms with Gasteiger partial charge in [0.15, 0.2) is 11.5 Å². The van der Waals surface area contributed by atoms with E-state index in [0.29, 0.717) is 5.82 Å². The summed E-state index contributed by atoms with van der Waals surface area (Å²) in [5, 5.41) is 11.8. The number of hydrogen-bond donors (Lipinski definition) is 1. The number of pyridine rings is 1. The summed E-state index contributed by atoms with van der Waals surface area (Å²) in [5.41, 5.74) is 2.64. The molecule has 3 aromatic rings. The highest BCUT2D eigenvalue weighted by molar-refractivity contribution is 5.63. The Morgan fingerprint density at radius 3 is 2.73 bits per heavy atom. The van der Waals surface area contributed by atoms with Crippen molar-refractivity contribution in [2.24, 2.45) is 0 Å². The number of benzene rings is 1. The van der Waals surface area contributed by atoms with E-state index in [1.165, 1.54) is 12.1 Å². The van der Waals surface area contributed by atoms with Crippen LogP contribution in [0, 0.1) is 5.82 Å². The quantitative estimate of drug-likeness (QED) is 0.785. The van der Waals surface area contributed by atoms with Gasteiger partial charge in [-0.3, -0.25) is 4.40 Å². The zero-order valence-corrected chi connectivity index (χ0v) is 12.0. The number of piperazine rings is 1. The van der Waals surface area contributed by atoms with Crippen molar-refractivity contribution < 1.29 is 4.39 Å². The van der Waals surface area contributed by atoms with Crippen molar-refractivity contribution in [3.05, 3.63) is 48.4 Å². The van der Waals surface area contributed by atoms with E-state index in [1.807, 2.05) is 22.7 Å². The van der Waals surface area contributed by atoms with E-state index >= 15 is 0 Å². The molecule has 1 N–H and O–H groups in total. The molecule has 1 aliphatic heterocycles. The molecule has 2 aromatic heterocycles. The summed E-state index contributed by atoms with van der Waals surface area (Å²) in [6.07, 6.45) is 1.95. The van der Waals surface area contributed by atoms with Gasteiger partial charge < -0.3 is 10.2 Å². The number of hydrogen-bond acceptors (Lipinski definition) is 4. The monoisotopic (exact) mass is 297 g/mol. The van der Waals surface area contributed by atoms with Gasteiger partial charge in [0.05, 0.1) is 0 Å². The molecule has 22 heavy (non-hydrogen) atoms. The summed E-state index contributed by atoms with van der Waals surface area (Å²) in [5.74, 6) is 0.382. The highest BCUT2D eigenvalue weighted by Gasteiger charge is 2.13. The lowest BCUT2D eigenvalue weighted by molar-refractivity contribution is 0.589. The largest absolute Gasteiger partial charge is 0.369 e. The van der Waals surface area contributed by atoms with Crippen LogP contribution in [0.1, 0.15) is 0 Å². The molecule has 0 bridgehead atoms. The van der Waals surface area contributed by atoms with Gasteiger partial charge >= 0.3 is 0 Å². The minimum atomic E-state index is -0.272. The van der Waals surface area contributed by atoms with Crippen LogP contribution >= 0.6 is 0 Å². The molecule has 4 rings (SSSR count). The van der Waals surface area contributed by atoms with Crippen molar-refractivity contribution in [3.8, 4) is 11.4 Å². The second-order valence-corrected chi connectivity index (χ2v) is 5.38. The predicted octanol–water partition coefficient (Wildman–Crippen LogP) is 1.94. The highest BCUT2D eigenvalue weighted by atomic mass is 19.1. The smallest absolute Gasteiger partial charge is 0.168 e. The average Bonchev–Trinajstić information content (AvgIpc) is 2.99. The number of nitrogens with zero attached hydrogens (tertiary/aromatic N) is 4. The maximum Gasteiger partial charge on any atom is 0.168 e. The molecule has 1 saturated heterocycles. The zero-order chi connectivity index (χ0) is 14.9. The number of rotatable bonds is 2. The number of anilines is 1. The van der Waals surface area contributed by atoms with Gasteiger partial charge in [-0.25, -0.2) is 4.39 Å². The molecule has 0 saturated carbocycles. The summed E-state index contributed by atoms with van der Waals surface area (Å²) in [7, 11) is 0. The number of fused-ring (bicyclic) bond motifs is 1. The molecule has 1 fully saturated rings. The third kappa shape index (κ3) is 2.31. The lowest BCUT2D eigenvalue weighted by atomic mass is 10.2. The van der Waals surface area contributed by atoms with Crippen molar-refractivity contribution in [3.63, 3.8) is 0 Å². The van der Waals surface area contributed by atoms with Gasteiger partial charge in [-0.1, -0.05) is 12.1 Å². The molecule has 1 aromatic carbocycles. The van der Waals surface area contributed by atoms with Gasteiger partial charge in [0.1, 0.15) is 5.82 Å². The first-order valence-electron chi connectivity index (χ1n) is 7.38. The molecule has 0 spiro atoms. The Balaban J connectivity index is 1.74. The van der Waals surface area contributed by atoms with E-state index in [0.717, 1.165) is 43.1 Å². The van der Waals surface area contributed by atoms with Gasteiger partial charge in [-0.05, 0) is 18.2 Å². The van der Waals surface area contributed by atoms with E-state index in [4.69, 9.17) is 0 Å². The minimum Gasteiger partial charge on any atom is -0.369 e. The van der Waals surface area contributed by atoms with Crippen molar-refractivity contribution in [1.29, 1.82) is 0 Å². The van der Waals surface area contributed by atoms with Gasteiger partial charge in [0.2, 0.25) is 0 Å². The second kappa shape index (κ2) is 5.38. The fraction of sp³-hybridized carbons (Fsp3) is 0.250. The van der Waals surface area contributed by atoms with E-state index < -0.39 is 0 Å². The molecule has 0 radical (unpaired) electrons. The second-order valence-electron chi connectivity index (χ2n) is 5.38. The van der Waals surface area contributed by atoms with Crippen molar-refractivity contribution in [1.82, 2.24) is 19.9 Å². The third-order valence-corrected chi connectivity index (χ3v) is 3.96. The zero-order valence-electron chi connectivity index (χ0n) is 12.0. The van der Waals surface area contributed by atoms with Crippen molar-refractivity contribution >= 4 is 11.3 Å². The Hall–Kier alpha value is -2.47. The fourth-order valence-electron chi connectivity index (χ4n) is 2.82. The van der Waals surface area contributed by atoms with Crippen LogP contribution in [-0.4, -0.2) is 40.8 Å².